The SMILES string of the molecule is CCCCNC(=O)C(=O)N[C@H](CCc1cc2c(cc1Cl)N(c1ccccc1)CC(C1CCCCC1)N(C)S2(=O)=O)C(=O)O. The number of carboxylic acids is 1. The first kappa shape index (κ1) is 32.8. The first-order valence-electron chi connectivity index (χ1n) is 15.0. The van der Waals surface area contributed by atoms with Crippen LogP contribution in [0, 0.1) is 5.92 Å². The van der Waals surface area contributed by atoms with Crippen molar-refractivity contribution in [2.24, 2.45) is 5.92 Å². The Morgan fingerprint density at radius 3 is 2.42 bits per heavy atom. The van der Waals surface area contributed by atoms with Crippen molar-refractivity contribution in [2.45, 2.75) is 81.7 Å². The number of hydrogen-bond donors (Lipinski definition) is 3. The summed E-state index contributed by atoms with van der Waals surface area (Å²) in [5.74, 6) is -3.01. The van der Waals surface area contributed by atoms with Gasteiger partial charge in [0.1, 0.15) is 10.9 Å². The van der Waals surface area contributed by atoms with Gasteiger partial charge in [0.15, 0.2) is 0 Å². The molecule has 3 N–H and O–H groups in total. The molecule has 234 valence electrons. The lowest BCUT2D eigenvalue weighted by molar-refractivity contribution is -0.144. The van der Waals surface area contributed by atoms with Gasteiger partial charge in [-0.15, -0.1) is 0 Å². The summed E-state index contributed by atoms with van der Waals surface area (Å²) >= 11 is 6.74. The Morgan fingerprint density at radius 1 is 1.07 bits per heavy atom. The second-order valence-electron chi connectivity index (χ2n) is 11.4. The van der Waals surface area contributed by atoms with Gasteiger partial charge in [0.2, 0.25) is 10.0 Å². The minimum Gasteiger partial charge on any atom is -0.480 e. The summed E-state index contributed by atoms with van der Waals surface area (Å²) in [6, 6.07) is 11.2. The molecule has 1 saturated carbocycles. The van der Waals surface area contributed by atoms with E-state index in [0.717, 1.165) is 44.2 Å². The third-order valence-electron chi connectivity index (χ3n) is 8.50. The topological polar surface area (TPSA) is 136 Å². The number of sulfonamides is 1. The lowest BCUT2D eigenvalue weighted by Crippen LogP contribution is -2.48. The van der Waals surface area contributed by atoms with Crippen LogP contribution in [0.2, 0.25) is 5.02 Å². The van der Waals surface area contributed by atoms with E-state index in [1.54, 1.807) is 13.1 Å². The number of anilines is 2. The number of para-hydroxylation sites is 1. The summed E-state index contributed by atoms with van der Waals surface area (Å²) < 4.78 is 29.8. The normalized spacial score (nSPS) is 19.6. The van der Waals surface area contributed by atoms with E-state index in [0.29, 0.717) is 35.8 Å². The quantitative estimate of drug-likeness (QED) is 0.260. The predicted octanol–water partition coefficient (Wildman–Crippen LogP) is 4.48. The van der Waals surface area contributed by atoms with Gasteiger partial charge in [-0.2, -0.15) is 4.31 Å². The fraction of sp³-hybridized carbons (Fsp3) is 0.516. The molecule has 1 aliphatic carbocycles. The number of nitrogens with one attached hydrogen (secondary N) is 2. The van der Waals surface area contributed by atoms with Gasteiger partial charge in [-0.25, -0.2) is 13.2 Å². The standard InChI is InChI=1S/C31H41ClN4O6S/c1-3-4-17-33-29(37)30(38)34-25(31(39)40)16-15-22-18-28-26(19-24(22)32)36(23-13-9-6-10-14-23)20-27(35(2)43(28,41)42)21-11-7-5-8-12-21/h6,9-10,13-14,18-19,21,25,27H,3-5,7-8,11-12,15-17,20H2,1-2H3,(H,33,37)(H,34,38)(H,39,40)/t25-,27?/m1/s1. The van der Waals surface area contributed by atoms with E-state index in [1.165, 1.54) is 10.4 Å². The fourth-order valence-electron chi connectivity index (χ4n) is 5.99. The molecule has 1 aliphatic heterocycles. The van der Waals surface area contributed by atoms with E-state index in [-0.39, 0.29) is 29.7 Å². The lowest BCUT2D eigenvalue weighted by atomic mass is 9.83. The van der Waals surface area contributed by atoms with Gasteiger partial charge in [0.05, 0.1) is 5.69 Å². The molecule has 0 saturated heterocycles. The summed E-state index contributed by atoms with van der Waals surface area (Å²) in [6.07, 6.45) is 6.74. The van der Waals surface area contributed by atoms with Crippen molar-refractivity contribution in [1.29, 1.82) is 0 Å². The average Bonchev–Trinajstić information content (AvgIpc) is 3.08. The Hall–Kier alpha value is -3.15. The summed E-state index contributed by atoms with van der Waals surface area (Å²) in [6.45, 7) is 2.73. The van der Waals surface area contributed by atoms with Crippen molar-refractivity contribution >= 4 is 50.8 Å². The monoisotopic (exact) mass is 632 g/mol. The van der Waals surface area contributed by atoms with Gasteiger partial charge in [0.25, 0.3) is 0 Å². The van der Waals surface area contributed by atoms with E-state index < -0.39 is 33.8 Å². The molecule has 2 aromatic rings. The minimum atomic E-state index is -3.94. The largest absolute Gasteiger partial charge is 0.480 e. The van der Waals surface area contributed by atoms with Crippen molar-refractivity contribution in [2.75, 3.05) is 25.0 Å². The van der Waals surface area contributed by atoms with Crippen molar-refractivity contribution in [3.05, 3.63) is 53.1 Å². The summed E-state index contributed by atoms with van der Waals surface area (Å²) in [5.41, 5.74) is 1.76. The number of likely N-dealkylation sites (N-methyl/N-ethyl adjacent to an activating group) is 1. The second-order valence-corrected chi connectivity index (χ2v) is 13.7. The highest BCUT2D eigenvalue weighted by Crippen LogP contribution is 2.42. The molecule has 2 amide bonds. The molecule has 1 fully saturated rings. The molecule has 4 rings (SSSR count). The molecule has 10 nitrogen and oxygen atoms in total. The van der Waals surface area contributed by atoms with E-state index in [2.05, 4.69) is 10.6 Å². The lowest BCUT2D eigenvalue weighted by Gasteiger charge is -2.36. The van der Waals surface area contributed by atoms with Gasteiger partial charge in [-0.05, 0) is 67.9 Å². The number of amides is 2. The van der Waals surface area contributed by atoms with Crippen molar-refractivity contribution in [3.63, 3.8) is 0 Å². The van der Waals surface area contributed by atoms with Crippen LogP contribution < -0.4 is 15.5 Å². The van der Waals surface area contributed by atoms with Crippen LogP contribution in [0.1, 0.15) is 63.9 Å². The summed E-state index contributed by atoms with van der Waals surface area (Å²) in [7, 11) is -2.30. The highest BCUT2D eigenvalue weighted by Gasteiger charge is 2.41. The number of carbonyl (C=O) groups excluding carboxylic acids is 2. The maximum atomic E-state index is 14.2. The van der Waals surface area contributed by atoms with Crippen LogP contribution in [0.25, 0.3) is 0 Å². The highest BCUT2D eigenvalue weighted by atomic mass is 35.5. The Bertz CT molecular complexity index is 1410. The van der Waals surface area contributed by atoms with Crippen LogP contribution in [0.3, 0.4) is 0 Å². The minimum absolute atomic E-state index is 0.0669. The van der Waals surface area contributed by atoms with Crippen molar-refractivity contribution in [3.8, 4) is 0 Å². The van der Waals surface area contributed by atoms with E-state index in [9.17, 15) is 27.9 Å². The van der Waals surface area contributed by atoms with Gasteiger partial charge in [-0.3, -0.25) is 9.59 Å². The first-order chi connectivity index (χ1) is 20.5. The van der Waals surface area contributed by atoms with Gasteiger partial charge >= 0.3 is 17.8 Å². The molecule has 1 unspecified atom stereocenters. The number of rotatable bonds is 10. The van der Waals surface area contributed by atoms with Gasteiger partial charge < -0.3 is 20.6 Å². The number of unbranched alkanes of at least 4 members (excludes halogenated alkanes) is 1. The summed E-state index contributed by atoms with van der Waals surface area (Å²) in [5, 5.41) is 14.8. The maximum Gasteiger partial charge on any atom is 0.326 e. The molecule has 2 aliphatic rings. The van der Waals surface area contributed by atoms with Crippen LogP contribution in [-0.2, 0) is 30.8 Å². The fourth-order valence-corrected chi connectivity index (χ4v) is 7.87. The Balaban J connectivity index is 1.64. The van der Waals surface area contributed by atoms with E-state index in [4.69, 9.17) is 11.6 Å². The Kier molecular flexibility index (Phi) is 11.1. The second kappa shape index (κ2) is 14.5. The predicted molar refractivity (Wildman–Crippen MR) is 166 cm³/mol. The Morgan fingerprint density at radius 2 is 1.77 bits per heavy atom. The number of aliphatic carboxylic acids is 1. The van der Waals surface area contributed by atoms with Crippen molar-refractivity contribution < 1.29 is 27.9 Å². The number of aryl methyl sites for hydroxylation is 1. The molecule has 0 spiro atoms. The molecule has 0 bridgehead atoms. The van der Waals surface area contributed by atoms with Gasteiger partial charge in [0, 0.05) is 36.9 Å². The smallest absolute Gasteiger partial charge is 0.326 e. The number of hydrogen-bond acceptors (Lipinski definition) is 6. The molecule has 43 heavy (non-hydrogen) atoms. The van der Waals surface area contributed by atoms with Crippen molar-refractivity contribution in [1.82, 2.24) is 14.9 Å². The average molecular weight is 633 g/mol. The molecule has 2 atom stereocenters. The maximum absolute atomic E-state index is 14.2. The van der Waals surface area contributed by atoms with Crippen LogP contribution in [0.15, 0.2) is 47.4 Å². The van der Waals surface area contributed by atoms with Crippen LogP contribution in [0.4, 0.5) is 11.4 Å². The zero-order valence-electron chi connectivity index (χ0n) is 24.7. The third-order valence-corrected chi connectivity index (χ3v) is 10.8. The molecule has 0 radical (unpaired) electrons. The molecular formula is C31H41ClN4O6S. The summed E-state index contributed by atoms with van der Waals surface area (Å²) in [4.78, 5) is 38.4. The highest BCUT2D eigenvalue weighted by molar-refractivity contribution is 7.89. The van der Waals surface area contributed by atoms with E-state index >= 15 is 0 Å². The number of benzene rings is 2. The zero-order chi connectivity index (χ0) is 31.1. The zero-order valence-corrected chi connectivity index (χ0v) is 26.3. The number of carboxylic acid groups (broad SMARTS) is 1. The molecule has 12 heteroatoms. The van der Waals surface area contributed by atoms with Crippen LogP contribution in [-0.4, -0.2) is 67.8 Å². The number of nitrogens with zero attached hydrogens (tertiary/aromatic N) is 2. The van der Waals surface area contributed by atoms with Crippen LogP contribution >= 0.6 is 11.6 Å². The molecule has 1 heterocycles. The number of halogens is 1. The molecule has 0 aromatic heterocycles. The van der Waals surface area contributed by atoms with Gasteiger partial charge in [-0.1, -0.05) is 62.4 Å². The van der Waals surface area contributed by atoms with Crippen LogP contribution in [0.5, 0.6) is 0 Å². The Labute approximate surface area is 258 Å². The number of carbonyl (C=O) groups is 3. The molecule has 2 aromatic carbocycles. The molecular weight excluding hydrogens is 592 g/mol. The van der Waals surface area contributed by atoms with E-state index in [1.807, 2.05) is 42.2 Å². The third kappa shape index (κ3) is 7.69. The first-order valence-corrected chi connectivity index (χ1v) is 16.8. The number of fused-ring (bicyclic) bond motifs is 1.